The Morgan fingerprint density at radius 1 is 1.26 bits per heavy atom. The average molecular weight is 366 g/mol. The second-order valence-electron chi connectivity index (χ2n) is 6.50. The zero-order valence-electron chi connectivity index (χ0n) is 13.8. The highest BCUT2D eigenvalue weighted by Crippen LogP contribution is 2.37. The molecule has 0 amide bonds. The van der Waals surface area contributed by atoms with E-state index in [0.717, 1.165) is 0 Å². The predicted molar refractivity (Wildman–Crippen MR) is 92.8 cm³/mol. The van der Waals surface area contributed by atoms with Crippen LogP contribution in [0.3, 0.4) is 0 Å². The van der Waals surface area contributed by atoms with E-state index in [1.165, 1.54) is 12.1 Å². The van der Waals surface area contributed by atoms with Crippen LogP contribution in [0.25, 0.3) is 0 Å². The first-order valence-corrected chi connectivity index (χ1v) is 7.69. The maximum atomic E-state index is 13.3. The minimum Gasteiger partial charge on any atom is -0.493 e. The van der Waals surface area contributed by atoms with Crippen LogP contribution in [0.5, 0.6) is 5.75 Å². The molecule has 4 nitrogen and oxygen atoms in total. The number of rotatable bonds is 5. The fourth-order valence-electron chi connectivity index (χ4n) is 2.08. The lowest BCUT2D eigenvalue weighted by Gasteiger charge is -2.32. The third-order valence-corrected chi connectivity index (χ3v) is 4.54. The van der Waals surface area contributed by atoms with Crippen molar-refractivity contribution in [2.45, 2.75) is 51.3 Å². The van der Waals surface area contributed by atoms with Gasteiger partial charge in [0, 0.05) is 12.0 Å². The van der Waals surface area contributed by atoms with Gasteiger partial charge in [0.2, 0.25) is 0 Å². The lowest BCUT2D eigenvalue weighted by molar-refractivity contribution is 0.00578. The standard InChI is InChI=1S/C15H22BClFNO3.ClH/c1-14(2)15(3,4)22-16(21-14)13(19)7-8-20-10-5-6-11(17)12(18)9-10;/h5-6,9,13H,7-8,19H2,1-4H3;1H/t13-;/m0./s1. The van der Waals surface area contributed by atoms with E-state index in [1.54, 1.807) is 6.07 Å². The highest BCUT2D eigenvalue weighted by atomic mass is 35.5. The van der Waals surface area contributed by atoms with E-state index in [4.69, 9.17) is 31.4 Å². The molecule has 1 aliphatic rings. The highest BCUT2D eigenvalue weighted by Gasteiger charge is 2.52. The third-order valence-electron chi connectivity index (χ3n) is 4.23. The second-order valence-corrected chi connectivity index (χ2v) is 6.91. The molecule has 1 saturated heterocycles. The van der Waals surface area contributed by atoms with Gasteiger partial charge < -0.3 is 19.8 Å². The van der Waals surface area contributed by atoms with Gasteiger partial charge in [-0.05, 0) is 46.2 Å². The summed E-state index contributed by atoms with van der Waals surface area (Å²) < 4.78 is 30.6. The SMILES string of the molecule is CC1(C)OB([C@@H](N)CCOc2ccc(Cl)c(F)c2)OC1(C)C.Cl. The molecule has 2 N–H and O–H groups in total. The molecular weight excluding hydrogens is 343 g/mol. The Balaban J connectivity index is 0.00000264. The third kappa shape index (κ3) is 4.73. The Bertz CT molecular complexity index is 529. The van der Waals surface area contributed by atoms with Gasteiger partial charge in [-0.25, -0.2) is 4.39 Å². The summed E-state index contributed by atoms with van der Waals surface area (Å²) in [7, 11) is -0.476. The predicted octanol–water partition coefficient (Wildman–Crippen LogP) is 3.63. The number of benzene rings is 1. The summed E-state index contributed by atoms with van der Waals surface area (Å²) >= 11 is 5.62. The van der Waals surface area contributed by atoms with Crippen LogP contribution < -0.4 is 10.5 Å². The Labute approximate surface area is 148 Å². The molecule has 0 spiro atoms. The molecule has 1 aromatic carbocycles. The normalized spacial score (nSPS) is 20.0. The van der Waals surface area contributed by atoms with Gasteiger partial charge in [0.25, 0.3) is 0 Å². The van der Waals surface area contributed by atoms with Crippen molar-refractivity contribution in [1.29, 1.82) is 0 Å². The second kappa shape index (κ2) is 7.57. The largest absolute Gasteiger partial charge is 0.493 e. The molecule has 130 valence electrons. The number of ether oxygens (including phenoxy) is 1. The molecule has 1 heterocycles. The zero-order chi connectivity index (χ0) is 16.5. The van der Waals surface area contributed by atoms with Crippen molar-refractivity contribution >= 4 is 31.1 Å². The van der Waals surface area contributed by atoms with Gasteiger partial charge in [0.05, 0.1) is 22.8 Å². The van der Waals surface area contributed by atoms with Crippen molar-refractivity contribution in [2.24, 2.45) is 5.73 Å². The van der Waals surface area contributed by atoms with E-state index in [9.17, 15) is 4.39 Å². The molecule has 1 aromatic rings. The van der Waals surface area contributed by atoms with E-state index in [0.29, 0.717) is 18.8 Å². The first kappa shape index (κ1) is 20.5. The Hall–Kier alpha value is -0.525. The summed E-state index contributed by atoms with van der Waals surface area (Å²) in [6.45, 7) is 8.26. The molecule has 0 radical (unpaired) electrons. The molecule has 23 heavy (non-hydrogen) atoms. The molecule has 2 rings (SSSR count). The van der Waals surface area contributed by atoms with E-state index < -0.39 is 24.1 Å². The van der Waals surface area contributed by atoms with Crippen molar-refractivity contribution in [2.75, 3.05) is 6.61 Å². The van der Waals surface area contributed by atoms with Gasteiger partial charge in [-0.3, -0.25) is 0 Å². The number of hydrogen-bond donors (Lipinski definition) is 1. The maximum absolute atomic E-state index is 13.3. The number of hydrogen-bond acceptors (Lipinski definition) is 4. The fraction of sp³-hybridized carbons (Fsp3) is 0.600. The van der Waals surface area contributed by atoms with E-state index in [1.807, 2.05) is 27.7 Å². The smallest absolute Gasteiger partial charge is 0.475 e. The minimum atomic E-state index is -0.505. The first-order valence-electron chi connectivity index (χ1n) is 7.31. The lowest BCUT2D eigenvalue weighted by Crippen LogP contribution is -2.42. The van der Waals surface area contributed by atoms with E-state index >= 15 is 0 Å². The average Bonchev–Trinajstić information content (AvgIpc) is 2.63. The van der Waals surface area contributed by atoms with Crippen LogP contribution in [0, 0.1) is 5.82 Å². The van der Waals surface area contributed by atoms with Crippen molar-refractivity contribution in [1.82, 2.24) is 0 Å². The summed E-state index contributed by atoms with van der Waals surface area (Å²) in [5.74, 6) is -0.407. The van der Waals surface area contributed by atoms with Gasteiger partial charge >= 0.3 is 7.12 Å². The summed E-state index contributed by atoms with van der Waals surface area (Å²) in [6, 6.07) is 4.33. The lowest BCUT2D eigenvalue weighted by atomic mass is 9.77. The molecule has 0 aliphatic carbocycles. The van der Waals surface area contributed by atoms with Crippen LogP contribution in [-0.4, -0.2) is 30.9 Å². The quantitative estimate of drug-likeness (QED) is 0.809. The van der Waals surface area contributed by atoms with Crippen molar-refractivity contribution in [3.8, 4) is 5.75 Å². The zero-order valence-corrected chi connectivity index (χ0v) is 15.3. The first-order chi connectivity index (χ1) is 10.1. The molecule has 8 heteroatoms. The van der Waals surface area contributed by atoms with Crippen LogP contribution >= 0.6 is 24.0 Å². The van der Waals surface area contributed by atoms with Crippen LogP contribution in [0.4, 0.5) is 4.39 Å². The number of halogens is 3. The van der Waals surface area contributed by atoms with Crippen molar-refractivity contribution in [3.05, 3.63) is 29.0 Å². The summed E-state index contributed by atoms with van der Waals surface area (Å²) in [5, 5.41) is 0.0706. The van der Waals surface area contributed by atoms with Crippen LogP contribution in [0.15, 0.2) is 18.2 Å². The van der Waals surface area contributed by atoms with Gasteiger partial charge in [-0.15, -0.1) is 12.4 Å². The monoisotopic (exact) mass is 365 g/mol. The Morgan fingerprint density at radius 2 is 1.83 bits per heavy atom. The Morgan fingerprint density at radius 3 is 2.35 bits per heavy atom. The molecule has 1 fully saturated rings. The molecule has 0 aromatic heterocycles. The molecule has 0 saturated carbocycles. The number of nitrogens with two attached hydrogens (primary N) is 1. The van der Waals surface area contributed by atoms with Crippen molar-refractivity contribution < 1.29 is 18.4 Å². The van der Waals surface area contributed by atoms with Gasteiger partial charge in [0.15, 0.2) is 0 Å². The molecule has 1 aliphatic heterocycles. The Kier molecular flexibility index (Phi) is 6.76. The molecule has 1 atom stereocenters. The summed E-state index contributed by atoms with van der Waals surface area (Å²) in [4.78, 5) is 0. The topological polar surface area (TPSA) is 53.7 Å². The van der Waals surface area contributed by atoms with Gasteiger partial charge in [-0.1, -0.05) is 11.6 Å². The van der Waals surface area contributed by atoms with Crippen LogP contribution in [-0.2, 0) is 9.31 Å². The summed E-state index contributed by atoms with van der Waals surface area (Å²) in [5.41, 5.74) is 5.30. The van der Waals surface area contributed by atoms with Crippen LogP contribution in [0.2, 0.25) is 5.02 Å². The highest BCUT2D eigenvalue weighted by molar-refractivity contribution is 6.47. The van der Waals surface area contributed by atoms with Crippen molar-refractivity contribution in [3.63, 3.8) is 0 Å². The molecule has 0 unspecified atom stereocenters. The van der Waals surface area contributed by atoms with E-state index in [2.05, 4.69) is 0 Å². The molecule has 0 bridgehead atoms. The minimum absolute atomic E-state index is 0. The maximum Gasteiger partial charge on any atom is 0.475 e. The summed E-state index contributed by atoms with van der Waals surface area (Å²) in [6.07, 6.45) is 0.529. The molecular formula is C15H23BCl2FNO3. The van der Waals surface area contributed by atoms with Crippen LogP contribution in [0.1, 0.15) is 34.1 Å². The fourth-order valence-corrected chi connectivity index (χ4v) is 2.20. The van der Waals surface area contributed by atoms with Gasteiger partial charge in [0.1, 0.15) is 11.6 Å². The van der Waals surface area contributed by atoms with E-state index in [-0.39, 0.29) is 23.4 Å². The van der Waals surface area contributed by atoms with Gasteiger partial charge in [-0.2, -0.15) is 0 Å².